The van der Waals surface area contributed by atoms with E-state index in [9.17, 15) is 10.4 Å². The first-order valence-corrected chi connectivity index (χ1v) is 5.15. The van der Waals surface area contributed by atoms with Gasteiger partial charge in [-0.1, -0.05) is 0 Å². The summed E-state index contributed by atoms with van der Waals surface area (Å²) < 4.78 is 5.25. The molecule has 2 heterocycles. The van der Waals surface area contributed by atoms with Gasteiger partial charge in [0.2, 0.25) is 0 Å². The van der Waals surface area contributed by atoms with Crippen LogP contribution in [0.5, 0.6) is 0 Å². The number of hydrogen-bond acceptors (Lipinski definition) is 4. The molecular weight excluding hydrogens is 180 g/mol. The SMILES string of the molecule is N#CC1(C2(O)CCNC2)CCOCC1. The van der Waals surface area contributed by atoms with E-state index in [0.717, 1.165) is 6.54 Å². The molecule has 1 unspecified atom stereocenters. The lowest BCUT2D eigenvalue weighted by Crippen LogP contribution is -2.51. The normalized spacial score (nSPS) is 36.6. The van der Waals surface area contributed by atoms with Crippen LogP contribution in [0, 0.1) is 16.7 Å². The van der Waals surface area contributed by atoms with Crippen LogP contribution in [-0.4, -0.2) is 37.0 Å². The zero-order valence-electron chi connectivity index (χ0n) is 8.25. The lowest BCUT2D eigenvalue weighted by atomic mass is 9.67. The number of hydrogen-bond donors (Lipinski definition) is 2. The van der Waals surface area contributed by atoms with Gasteiger partial charge in [0.05, 0.1) is 17.1 Å². The van der Waals surface area contributed by atoms with Crippen LogP contribution in [-0.2, 0) is 4.74 Å². The molecule has 0 radical (unpaired) electrons. The van der Waals surface area contributed by atoms with Crippen LogP contribution < -0.4 is 5.32 Å². The van der Waals surface area contributed by atoms with Gasteiger partial charge in [0.1, 0.15) is 0 Å². The van der Waals surface area contributed by atoms with Crippen molar-refractivity contribution < 1.29 is 9.84 Å². The van der Waals surface area contributed by atoms with Crippen molar-refractivity contribution in [1.29, 1.82) is 5.26 Å². The van der Waals surface area contributed by atoms with Gasteiger partial charge in [-0.2, -0.15) is 5.26 Å². The first kappa shape index (κ1) is 9.91. The summed E-state index contributed by atoms with van der Waals surface area (Å²) in [5.41, 5.74) is -1.43. The Morgan fingerprint density at radius 3 is 2.50 bits per heavy atom. The second-order valence-corrected chi connectivity index (χ2v) is 4.26. The third kappa shape index (κ3) is 1.33. The molecule has 2 aliphatic heterocycles. The van der Waals surface area contributed by atoms with E-state index in [0.29, 0.717) is 39.0 Å². The Hall–Kier alpha value is -0.630. The van der Waals surface area contributed by atoms with Crippen molar-refractivity contribution in [3.8, 4) is 6.07 Å². The van der Waals surface area contributed by atoms with Crippen LogP contribution in [0.3, 0.4) is 0 Å². The summed E-state index contributed by atoms with van der Waals surface area (Å²) in [6.45, 7) is 2.53. The Morgan fingerprint density at radius 1 is 1.29 bits per heavy atom. The molecule has 0 aliphatic carbocycles. The molecule has 0 amide bonds. The van der Waals surface area contributed by atoms with E-state index in [1.54, 1.807) is 0 Å². The quantitative estimate of drug-likeness (QED) is 0.621. The molecule has 14 heavy (non-hydrogen) atoms. The third-order valence-corrected chi connectivity index (χ3v) is 3.58. The predicted molar refractivity (Wildman–Crippen MR) is 50.5 cm³/mol. The van der Waals surface area contributed by atoms with E-state index in [-0.39, 0.29) is 0 Å². The summed E-state index contributed by atoms with van der Waals surface area (Å²) in [5, 5.41) is 22.8. The topological polar surface area (TPSA) is 65.3 Å². The fourth-order valence-corrected chi connectivity index (χ4v) is 2.49. The van der Waals surface area contributed by atoms with Crippen LogP contribution in [0.1, 0.15) is 19.3 Å². The number of ether oxygens (including phenoxy) is 1. The molecule has 0 aromatic heterocycles. The Morgan fingerprint density at radius 2 is 2.00 bits per heavy atom. The van der Waals surface area contributed by atoms with Gasteiger partial charge in [0.25, 0.3) is 0 Å². The summed E-state index contributed by atoms with van der Waals surface area (Å²) in [7, 11) is 0. The molecule has 0 spiro atoms. The molecule has 2 fully saturated rings. The molecule has 4 heteroatoms. The number of β-amino-alcohol motifs (C(OH)–C–C–N with tert-alkyl or cyclic N) is 1. The first-order valence-electron chi connectivity index (χ1n) is 5.15. The third-order valence-electron chi connectivity index (χ3n) is 3.58. The number of aliphatic hydroxyl groups is 1. The molecule has 4 nitrogen and oxygen atoms in total. The maximum atomic E-state index is 10.4. The van der Waals surface area contributed by atoms with Crippen LogP contribution in [0.15, 0.2) is 0 Å². The maximum Gasteiger partial charge on any atom is 0.0970 e. The number of nitrogens with zero attached hydrogens (tertiary/aromatic N) is 1. The van der Waals surface area contributed by atoms with Gasteiger partial charge in [-0.05, 0) is 25.8 Å². The predicted octanol–water partition coefficient (Wildman–Crippen LogP) is 0.0312. The largest absolute Gasteiger partial charge is 0.387 e. The van der Waals surface area contributed by atoms with Crippen molar-refractivity contribution in [2.75, 3.05) is 26.3 Å². The minimum Gasteiger partial charge on any atom is -0.387 e. The Kier molecular flexibility index (Phi) is 2.48. The van der Waals surface area contributed by atoms with Crippen LogP contribution in [0.4, 0.5) is 0 Å². The molecule has 1 atom stereocenters. The van der Waals surface area contributed by atoms with Crippen LogP contribution in [0.25, 0.3) is 0 Å². The van der Waals surface area contributed by atoms with E-state index < -0.39 is 11.0 Å². The fraction of sp³-hybridized carbons (Fsp3) is 0.900. The second kappa shape index (κ2) is 3.50. The van der Waals surface area contributed by atoms with E-state index >= 15 is 0 Å². The average Bonchev–Trinajstić information content (AvgIpc) is 2.68. The second-order valence-electron chi connectivity index (χ2n) is 4.26. The smallest absolute Gasteiger partial charge is 0.0970 e. The molecule has 0 aromatic carbocycles. The highest BCUT2D eigenvalue weighted by Gasteiger charge is 2.52. The van der Waals surface area contributed by atoms with Crippen molar-refractivity contribution in [2.45, 2.75) is 24.9 Å². The Bertz CT molecular complexity index is 247. The van der Waals surface area contributed by atoms with E-state index in [1.807, 2.05) is 0 Å². The van der Waals surface area contributed by atoms with Crippen molar-refractivity contribution >= 4 is 0 Å². The minimum atomic E-state index is -0.842. The molecule has 2 N–H and O–H groups in total. The standard InChI is InChI=1S/C10H16N2O2/c11-7-9(2-5-14-6-3-9)10(13)1-4-12-8-10/h12-13H,1-6,8H2. The molecule has 78 valence electrons. The number of nitriles is 1. The molecular formula is C10H16N2O2. The molecule has 2 aliphatic rings. The van der Waals surface area contributed by atoms with Gasteiger partial charge in [-0.15, -0.1) is 0 Å². The van der Waals surface area contributed by atoms with Crippen LogP contribution in [0.2, 0.25) is 0 Å². The van der Waals surface area contributed by atoms with Gasteiger partial charge in [-0.3, -0.25) is 0 Å². The molecule has 0 saturated carbocycles. The van der Waals surface area contributed by atoms with E-state index in [4.69, 9.17) is 4.74 Å². The number of nitrogens with one attached hydrogen (secondary N) is 1. The minimum absolute atomic E-state index is 0.542. The monoisotopic (exact) mass is 196 g/mol. The molecule has 2 rings (SSSR count). The van der Waals surface area contributed by atoms with Crippen molar-refractivity contribution in [1.82, 2.24) is 5.32 Å². The number of rotatable bonds is 1. The summed E-state index contributed by atoms with van der Waals surface area (Å²) in [4.78, 5) is 0. The highest BCUT2D eigenvalue weighted by atomic mass is 16.5. The highest BCUT2D eigenvalue weighted by molar-refractivity contribution is 5.15. The van der Waals surface area contributed by atoms with Gasteiger partial charge in [0, 0.05) is 19.8 Å². The average molecular weight is 196 g/mol. The van der Waals surface area contributed by atoms with Gasteiger partial charge < -0.3 is 15.2 Å². The lowest BCUT2D eigenvalue weighted by Gasteiger charge is -2.42. The van der Waals surface area contributed by atoms with Gasteiger partial charge in [-0.25, -0.2) is 0 Å². The van der Waals surface area contributed by atoms with Crippen molar-refractivity contribution in [3.63, 3.8) is 0 Å². The summed E-state index contributed by atoms with van der Waals surface area (Å²) in [6, 6.07) is 2.33. The molecule has 0 aromatic rings. The summed E-state index contributed by atoms with van der Waals surface area (Å²) >= 11 is 0. The summed E-state index contributed by atoms with van der Waals surface area (Å²) in [5.74, 6) is 0. The Labute approximate surface area is 83.9 Å². The fourth-order valence-electron chi connectivity index (χ4n) is 2.49. The summed E-state index contributed by atoms with van der Waals surface area (Å²) in [6.07, 6.45) is 1.99. The highest BCUT2D eigenvalue weighted by Crippen LogP contribution is 2.43. The maximum absolute atomic E-state index is 10.4. The molecule has 0 bridgehead atoms. The van der Waals surface area contributed by atoms with Crippen LogP contribution >= 0.6 is 0 Å². The Balaban J connectivity index is 2.22. The zero-order chi connectivity index (χ0) is 10.1. The van der Waals surface area contributed by atoms with Crippen molar-refractivity contribution in [3.05, 3.63) is 0 Å². The van der Waals surface area contributed by atoms with Crippen molar-refractivity contribution in [2.24, 2.45) is 5.41 Å². The zero-order valence-corrected chi connectivity index (χ0v) is 8.25. The van der Waals surface area contributed by atoms with E-state index in [1.165, 1.54) is 0 Å². The van der Waals surface area contributed by atoms with Gasteiger partial charge >= 0.3 is 0 Å². The first-order chi connectivity index (χ1) is 6.72. The van der Waals surface area contributed by atoms with Gasteiger partial charge in [0.15, 0.2) is 0 Å². The lowest BCUT2D eigenvalue weighted by molar-refractivity contribution is -0.0909. The molecule has 2 saturated heterocycles. The van der Waals surface area contributed by atoms with E-state index in [2.05, 4.69) is 11.4 Å².